The van der Waals surface area contributed by atoms with Crippen LogP contribution in [0, 0.1) is 17.1 Å². The first-order valence-electron chi connectivity index (χ1n) is 8.97. The van der Waals surface area contributed by atoms with Gasteiger partial charge in [0.1, 0.15) is 23.2 Å². The molecule has 0 aliphatic carbocycles. The molecule has 0 aliphatic rings. The van der Waals surface area contributed by atoms with Gasteiger partial charge in [-0.1, -0.05) is 0 Å². The number of rotatable bonds is 6. The number of aromatic nitrogens is 2. The van der Waals surface area contributed by atoms with Gasteiger partial charge in [-0.3, -0.25) is 4.79 Å². The molecule has 2 aromatic carbocycles. The number of carbonyl (C=O) groups excluding carboxylic acids is 1. The molecule has 0 spiro atoms. The van der Waals surface area contributed by atoms with E-state index >= 15 is 0 Å². The molecule has 0 amide bonds. The Morgan fingerprint density at radius 1 is 1.16 bits per heavy atom. The molecule has 0 saturated carbocycles. The molecule has 0 aliphatic heterocycles. The molecule has 31 heavy (non-hydrogen) atoms. The zero-order valence-corrected chi connectivity index (χ0v) is 16.6. The molecular weight excluding hydrogens is 403 g/mol. The van der Waals surface area contributed by atoms with Crippen molar-refractivity contribution >= 4 is 17.7 Å². The van der Waals surface area contributed by atoms with Gasteiger partial charge in [0.15, 0.2) is 5.69 Å². The van der Waals surface area contributed by atoms with Crippen LogP contribution in [0.25, 0.3) is 11.8 Å². The van der Waals surface area contributed by atoms with E-state index in [1.54, 1.807) is 31.4 Å². The van der Waals surface area contributed by atoms with Gasteiger partial charge in [-0.15, -0.1) is 0 Å². The Morgan fingerprint density at radius 2 is 1.84 bits per heavy atom. The molecule has 156 valence electrons. The molecule has 9 heteroatoms. The van der Waals surface area contributed by atoms with Gasteiger partial charge >= 0.3 is 5.97 Å². The minimum absolute atomic E-state index is 0.00118. The molecule has 1 N–H and O–H groups in total. The van der Waals surface area contributed by atoms with E-state index in [2.05, 4.69) is 10.4 Å². The molecule has 0 saturated heterocycles. The van der Waals surface area contributed by atoms with Crippen molar-refractivity contribution in [1.82, 2.24) is 9.78 Å². The van der Waals surface area contributed by atoms with E-state index in [0.717, 1.165) is 23.9 Å². The standard InChI is InChI=1S/C22H17FN4O4/c1-30-17-9-5-15(6-10-17)25-12-11-18-19(13-24)21(28)27(26-20(18)22(29)31-2)16-7-3-14(23)4-8-16/h3-12,25H,1-2H3. The summed E-state index contributed by atoms with van der Waals surface area (Å²) in [6.45, 7) is 0. The minimum Gasteiger partial charge on any atom is -0.497 e. The van der Waals surface area contributed by atoms with E-state index in [1.807, 2.05) is 6.07 Å². The molecular formula is C22H17FN4O4. The Balaban J connectivity index is 2.06. The van der Waals surface area contributed by atoms with E-state index in [9.17, 15) is 19.2 Å². The van der Waals surface area contributed by atoms with Crippen molar-refractivity contribution in [2.75, 3.05) is 19.5 Å². The molecule has 1 aromatic heterocycles. The molecule has 8 nitrogen and oxygen atoms in total. The van der Waals surface area contributed by atoms with Crippen LogP contribution in [-0.2, 0) is 4.74 Å². The summed E-state index contributed by atoms with van der Waals surface area (Å²) >= 11 is 0. The Labute approximate surface area is 176 Å². The summed E-state index contributed by atoms with van der Waals surface area (Å²) in [5, 5.41) is 16.6. The van der Waals surface area contributed by atoms with Crippen molar-refractivity contribution in [2.45, 2.75) is 0 Å². The summed E-state index contributed by atoms with van der Waals surface area (Å²) in [4.78, 5) is 25.2. The summed E-state index contributed by atoms with van der Waals surface area (Å²) in [7, 11) is 2.72. The van der Waals surface area contributed by atoms with Gasteiger partial charge in [0.25, 0.3) is 5.56 Å². The Bertz CT molecular complexity index is 1230. The topological polar surface area (TPSA) is 106 Å². The number of nitriles is 1. The first-order valence-corrected chi connectivity index (χ1v) is 8.97. The highest BCUT2D eigenvalue weighted by atomic mass is 19.1. The van der Waals surface area contributed by atoms with Crippen molar-refractivity contribution in [3.05, 3.63) is 87.7 Å². The molecule has 1 heterocycles. The minimum atomic E-state index is -0.837. The zero-order valence-electron chi connectivity index (χ0n) is 16.6. The molecule has 3 aromatic rings. The molecule has 3 rings (SSSR count). The molecule has 0 unspecified atom stereocenters. The van der Waals surface area contributed by atoms with Crippen LogP contribution in [0.1, 0.15) is 21.6 Å². The lowest BCUT2D eigenvalue weighted by molar-refractivity contribution is 0.0591. The third-order valence-electron chi connectivity index (χ3n) is 4.28. The summed E-state index contributed by atoms with van der Waals surface area (Å²) in [6, 6.07) is 13.8. The second-order valence-corrected chi connectivity index (χ2v) is 6.14. The van der Waals surface area contributed by atoms with E-state index in [4.69, 9.17) is 9.47 Å². The fourth-order valence-electron chi connectivity index (χ4n) is 2.72. The van der Waals surface area contributed by atoms with Crippen molar-refractivity contribution in [2.24, 2.45) is 0 Å². The SMILES string of the molecule is COC(=O)c1nn(-c2ccc(F)cc2)c(=O)c(C#N)c1C=CNc1ccc(OC)cc1. The van der Waals surface area contributed by atoms with Crippen LogP contribution < -0.4 is 15.6 Å². The summed E-state index contributed by atoms with van der Waals surface area (Å²) in [6.07, 6.45) is 2.85. The predicted octanol–water partition coefficient (Wildman–Crippen LogP) is 3.12. The maximum Gasteiger partial charge on any atom is 0.359 e. The second kappa shape index (κ2) is 9.37. The van der Waals surface area contributed by atoms with Crippen LogP contribution in [0.3, 0.4) is 0 Å². The van der Waals surface area contributed by atoms with Crippen molar-refractivity contribution in [3.63, 3.8) is 0 Å². The Hall–Kier alpha value is -4.45. The number of ether oxygens (including phenoxy) is 2. The number of esters is 1. The van der Waals surface area contributed by atoms with Crippen molar-refractivity contribution < 1.29 is 18.7 Å². The number of hydrogen-bond donors (Lipinski definition) is 1. The first kappa shape index (κ1) is 21.3. The van der Waals surface area contributed by atoms with Gasteiger partial charge in [-0.25, -0.2) is 9.18 Å². The average Bonchev–Trinajstić information content (AvgIpc) is 2.80. The highest BCUT2D eigenvalue weighted by molar-refractivity contribution is 5.92. The highest BCUT2D eigenvalue weighted by Crippen LogP contribution is 2.17. The molecule has 0 radical (unpaired) electrons. The number of nitrogens with zero attached hydrogens (tertiary/aromatic N) is 3. The number of anilines is 1. The van der Waals surface area contributed by atoms with Gasteiger partial charge in [0.05, 0.1) is 19.9 Å². The van der Waals surface area contributed by atoms with Crippen LogP contribution >= 0.6 is 0 Å². The zero-order chi connectivity index (χ0) is 22.4. The van der Waals surface area contributed by atoms with Crippen LogP contribution in [0.15, 0.2) is 59.5 Å². The lowest BCUT2D eigenvalue weighted by atomic mass is 10.1. The van der Waals surface area contributed by atoms with Crippen LogP contribution in [0.2, 0.25) is 0 Å². The number of hydrogen-bond acceptors (Lipinski definition) is 7. The number of carbonyl (C=O) groups is 1. The number of methoxy groups -OCH3 is 2. The number of benzene rings is 2. The number of nitrogens with one attached hydrogen (secondary N) is 1. The average molecular weight is 420 g/mol. The van der Waals surface area contributed by atoms with Crippen molar-refractivity contribution in [3.8, 4) is 17.5 Å². The quantitative estimate of drug-likeness (QED) is 0.611. The predicted molar refractivity (Wildman–Crippen MR) is 111 cm³/mol. The van der Waals surface area contributed by atoms with Gasteiger partial charge in [0.2, 0.25) is 0 Å². The molecule has 0 fully saturated rings. The lowest BCUT2D eigenvalue weighted by Gasteiger charge is -2.11. The lowest BCUT2D eigenvalue weighted by Crippen LogP contribution is -2.28. The number of halogens is 1. The normalized spacial score (nSPS) is 10.5. The van der Waals surface area contributed by atoms with Crippen LogP contribution in [0.4, 0.5) is 10.1 Å². The van der Waals surface area contributed by atoms with E-state index in [1.165, 1.54) is 24.4 Å². The Kier molecular flexibility index (Phi) is 6.42. The molecule has 0 atom stereocenters. The van der Waals surface area contributed by atoms with E-state index in [-0.39, 0.29) is 22.5 Å². The van der Waals surface area contributed by atoms with Gasteiger partial charge < -0.3 is 14.8 Å². The van der Waals surface area contributed by atoms with Gasteiger partial charge in [0, 0.05) is 17.5 Å². The third-order valence-corrected chi connectivity index (χ3v) is 4.28. The monoisotopic (exact) mass is 420 g/mol. The fourth-order valence-corrected chi connectivity index (χ4v) is 2.72. The summed E-state index contributed by atoms with van der Waals surface area (Å²) < 4.78 is 24.0. The van der Waals surface area contributed by atoms with Crippen LogP contribution in [-0.4, -0.2) is 30.0 Å². The van der Waals surface area contributed by atoms with Crippen LogP contribution in [0.5, 0.6) is 5.75 Å². The van der Waals surface area contributed by atoms with E-state index in [0.29, 0.717) is 11.4 Å². The largest absolute Gasteiger partial charge is 0.497 e. The summed E-state index contributed by atoms with van der Waals surface area (Å²) in [5.74, 6) is -0.658. The van der Waals surface area contributed by atoms with Gasteiger partial charge in [-0.2, -0.15) is 15.0 Å². The Morgan fingerprint density at radius 3 is 2.42 bits per heavy atom. The first-order chi connectivity index (χ1) is 15.0. The third kappa shape index (κ3) is 4.59. The second-order valence-electron chi connectivity index (χ2n) is 6.14. The van der Waals surface area contributed by atoms with Gasteiger partial charge in [-0.05, 0) is 54.6 Å². The molecule has 0 bridgehead atoms. The highest BCUT2D eigenvalue weighted by Gasteiger charge is 2.22. The maximum absolute atomic E-state index is 13.2. The van der Waals surface area contributed by atoms with E-state index < -0.39 is 17.3 Å². The summed E-state index contributed by atoms with van der Waals surface area (Å²) in [5.41, 5.74) is -0.407. The maximum atomic E-state index is 13.2. The van der Waals surface area contributed by atoms with Crippen molar-refractivity contribution in [1.29, 1.82) is 5.26 Å². The smallest absolute Gasteiger partial charge is 0.359 e. The fraction of sp³-hybridized carbons (Fsp3) is 0.0909.